The summed E-state index contributed by atoms with van der Waals surface area (Å²) in [4.78, 5) is 3.99. The Morgan fingerprint density at radius 1 is 1.33 bits per heavy atom. The van der Waals surface area contributed by atoms with Gasteiger partial charge < -0.3 is 0 Å². The summed E-state index contributed by atoms with van der Waals surface area (Å²) >= 11 is 0. The van der Waals surface area contributed by atoms with Crippen LogP contribution in [0, 0.1) is 0 Å². The van der Waals surface area contributed by atoms with Crippen LogP contribution in [0.2, 0.25) is 0 Å². The quantitative estimate of drug-likeness (QED) is 0.699. The molecule has 0 aliphatic carbocycles. The molecule has 0 saturated carbocycles. The second-order valence-corrected chi connectivity index (χ2v) is 3.53. The van der Waals surface area contributed by atoms with Crippen LogP contribution in [0.1, 0.15) is 19.0 Å². The lowest BCUT2D eigenvalue weighted by Crippen LogP contribution is -2.32. The summed E-state index contributed by atoms with van der Waals surface area (Å²) in [5.74, 6) is 0. The largest absolute Gasteiger partial charge is 0.264 e. The number of aromatic nitrogens is 4. The molecule has 0 spiro atoms. The Kier molecular flexibility index (Phi) is 2.76. The molecular formula is C11H15N4+. The van der Waals surface area contributed by atoms with Gasteiger partial charge in [-0.2, -0.15) is 0 Å². The molecule has 4 heteroatoms. The van der Waals surface area contributed by atoms with Crippen LogP contribution in [0.4, 0.5) is 0 Å². The van der Waals surface area contributed by atoms with Crippen molar-refractivity contribution in [1.82, 2.24) is 14.9 Å². The number of aryl methyl sites for hydroxylation is 2. The summed E-state index contributed by atoms with van der Waals surface area (Å²) in [7, 11) is 1.97. The van der Waals surface area contributed by atoms with Crippen molar-refractivity contribution in [2.24, 2.45) is 7.05 Å². The Hall–Kier alpha value is -1.71. The Morgan fingerprint density at radius 3 is 2.73 bits per heavy atom. The Balaban J connectivity index is 2.34. The van der Waals surface area contributed by atoms with E-state index in [1.807, 2.05) is 28.5 Å². The van der Waals surface area contributed by atoms with Crippen molar-refractivity contribution in [3.63, 3.8) is 0 Å². The fraction of sp³-hybridized carbons (Fsp3) is 0.364. The zero-order valence-corrected chi connectivity index (χ0v) is 9.09. The average Bonchev–Trinajstić information content (AvgIpc) is 2.63. The molecule has 78 valence electrons. The van der Waals surface area contributed by atoms with Gasteiger partial charge in [0.25, 0.3) is 0 Å². The van der Waals surface area contributed by atoms with Crippen LogP contribution in [0.25, 0.3) is 5.69 Å². The summed E-state index contributed by atoms with van der Waals surface area (Å²) in [5, 5.41) is 4.41. The molecule has 0 unspecified atom stereocenters. The van der Waals surface area contributed by atoms with Crippen LogP contribution in [0.5, 0.6) is 0 Å². The molecule has 0 saturated heterocycles. The molecule has 0 amide bonds. The molecule has 2 aromatic rings. The smallest absolute Gasteiger partial charge is 0.167 e. The van der Waals surface area contributed by atoms with Crippen molar-refractivity contribution >= 4 is 0 Å². The SMILES string of the molecule is CCCc1c[n+](-c2ccncc2)nn1C. The van der Waals surface area contributed by atoms with E-state index >= 15 is 0 Å². The van der Waals surface area contributed by atoms with Gasteiger partial charge in [-0.3, -0.25) is 4.98 Å². The third kappa shape index (κ3) is 2.03. The minimum Gasteiger partial charge on any atom is -0.264 e. The number of rotatable bonds is 3. The van der Waals surface area contributed by atoms with Gasteiger partial charge in [0.2, 0.25) is 0 Å². The van der Waals surface area contributed by atoms with Gasteiger partial charge in [0.05, 0.1) is 5.21 Å². The van der Waals surface area contributed by atoms with Crippen LogP contribution >= 0.6 is 0 Å². The Bertz CT molecular complexity index is 433. The van der Waals surface area contributed by atoms with Crippen LogP contribution in [-0.2, 0) is 13.5 Å². The molecule has 2 aromatic heterocycles. The van der Waals surface area contributed by atoms with Gasteiger partial charge in [0, 0.05) is 30.9 Å². The maximum atomic E-state index is 4.41. The Labute approximate surface area is 89.2 Å². The molecule has 0 aliphatic heterocycles. The number of pyridine rings is 1. The predicted molar refractivity (Wildman–Crippen MR) is 56.5 cm³/mol. The van der Waals surface area contributed by atoms with Crippen molar-refractivity contribution < 1.29 is 4.68 Å². The van der Waals surface area contributed by atoms with Crippen LogP contribution in [-0.4, -0.2) is 14.9 Å². The van der Waals surface area contributed by atoms with Crippen LogP contribution < -0.4 is 4.68 Å². The summed E-state index contributed by atoms with van der Waals surface area (Å²) in [6.45, 7) is 2.17. The molecule has 0 aliphatic rings. The molecule has 0 fully saturated rings. The van der Waals surface area contributed by atoms with E-state index in [4.69, 9.17) is 0 Å². The number of hydrogen-bond donors (Lipinski definition) is 0. The summed E-state index contributed by atoms with van der Waals surface area (Å²) in [6.07, 6.45) is 7.81. The molecule has 0 atom stereocenters. The van der Waals surface area contributed by atoms with Crippen molar-refractivity contribution in [3.8, 4) is 5.69 Å². The first kappa shape index (κ1) is 9.83. The van der Waals surface area contributed by atoms with E-state index in [1.165, 1.54) is 5.69 Å². The van der Waals surface area contributed by atoms with Crippen molar-refractivity contribution in [1.29, 1.82) is 0 Å². The monoisotopic (exact) mass is 203 g/mol. The lowest BCUT2D eigenvalue weighted by Gasteiger charge is -1.89. The van der Waals surface area contributed by atoms with Crippen molar-refractivity contribution in [2.75, 3.05) is 0 Å². The first-order valence-corrected chi connectivity index (χ1v) is 5.16. The highest BCUT2D eigenvalue weighted by Crippen LogP contribution is 2.00. The van der Waals surface area contributed by atoms with Crippen molar-refractivity contribution in [3.05, 3.63) is 36.4 Å². The fourth-order valence-corrected chi connectivity index (χ4v) is 1.56. The van der Waals surface area contributed by atoms with Gasteiger partial charge in [0.15, 0.2) is 17.6 Å². The maximum absolute atomic E-state index is 4.41. The van der Waals surface area contributed by atoms with Gasteiger partial charge in [0.1, 0.15) is 7.05 Å². The predicted octanol–water partition coefficient (Wildman–Crippen LogP) is 1.04. The molecule has 0 N–H and O–H groups in total. The standard InChI is InChI=1S/C11H15N4/c1-3-4-11-9-15(13-14(11)2)10-5-7-12-8-6-10/h5-9H,3-4H2,1-2H3/q+1. The first-order chi connectivity index (χ1) is 7.31. The first-order valence-electron chi connectivity index (χ1n) is 5.16. The van der Waals surface area contributed by atoms with Gasteiger partial charge >= 0.3 is 0 Å². The van der Waals surface area contributed by atoms with E-state index < -0.39 is 0 Å². The average molecular weight is 203 g/mol. The topological polar surface area (TPSA) is 34.6 Å². The van der Waals surface area contributed by atoms with Crippen LogP contribution in [0.15, 0.2) is 30.7 Å². The maximum Gasteiger partial charge on any atom is 0.167 e. The molecule has 2 heterocycles. The minimum absolute atomic E-state index is 1.04. The van der Waals surface area contributed by atoms with Gasteiger partial charge in [-0.1, -0.05) is 6.92 Å². The zero-order chi connectivity index (χ0) is 10.7. The zero-order valence-electron chi connectivity index (χ0n) is 9.09. The highest BCUT2D eigenvalue weighted by Gasteiger charge is 2.12. The molecule has 2 rings (SSSR count). The molecule has 0 aromatic carbocycles. The van der Waals surface area contributed by atoms with E-state index in [2.05, 4.69) is 23.3 Å². The third-order valence-electron chi connectivity index (χ3n) is 2.35. The molecule has 0 bridgehead atoms. The van der Waals surface area contributed by atoms with E-state index in [-0.39, 0.29) is 0 Å². The Morgan fingerprint density at radius 2 is 2.07 bits per heavy atom. The molecular weight excluding hydrogens is 188 g/mol. The minimum atomic E-state index is 1.04. The van der Waals surface area contributed by atoms with Gasteiger partial charge in [-0.15, -0.1) is 9.36 Å². The molecule has 0 radical (unpaired) electrons. The van der Waals surface area contributed by atoms with E-state index in [0.29, 0.717) is 0 Å². The normalized spacial score (nSPS) is 10.5. The van der Waals surface area contributed by atoms with Crippen LogP contribution in [0.3, 0.4) is 0 Å². The second-order valence-electron chi connectivity index (χ2n) is 3.53. The van der Waals surface area contributed by atoms with Crippen molar-refractivity contribution in [2.45, 2.75) is 19.8 Å². The van der Waals surface area contributed by atoms with Gasteiger partial charge in [-0.05, 0) is 6.42 Å². The lowest BCUT2D eigenvalue weighted by atomic mass is 10.3. The highest BCUT2D eigenvalue weighted by atomic mass is 15.5. The number of nitrogens with zero attached hydrogens (tertiary/aromatic N) is 4. The van der Waals surface area contributed by atoms with E-state index in [0.717, 1.165) is 18.5 Å². The van der Waals surface area contributed by atoms with E-state index in [9.17, 15) is 0 Å². The highest BCUT2D eigenvalue weighted by molar-refractivity contribution is 5.16. The lowest BCUT2D eigenvalue weighted by molar-refractivity contribution is -0.661. The number of hydrogen-bond acceptors (Lipinski definition) is 2. The summed E-state index contributed by atoms with van der Waals surface area (Å²) in [5.41, 5.74) is 2.29. The molecule has 4 nitrogen and oxygen atoms in total. The van der Waals surface area contributed by atoms with Gasteiger partial charge in [-0.25, -0.2) is 0 Å². The molecule has 15 heavy (non-hydrogen) atoms. The summed E-state index contributed by atoms with van der Waals surface area (Å²) in [6, 6.07) is 3.89. The van der Waals surface area contributed by atoms with E-state index in [1.54, 1.807) is 12.4 Å². The second kappa shape index (κ2) is 4.21. The summed E-state index contributed by atoms with van der Waals surface area (Å²) < 4.78 is 3.80. The fourth-order valence-electron chi connectivity index (χ4n) is 1.56. The third-order valence-corrected chi connectivity index (χ3v) is 2.35.